The molecular weight excluding hydrogens is 264 g/mol. The second-order valence-corrected chi connectivity index (χ2v) is 4.74. The molecule has 2 aromatic carbocycles. The highest BCUT2D eigenvalue weighted by Gasteiger charge is 2.06. The first-order chi connectivity index (χ1) is 10.2. The Hall–Kier alpha value is -2.49. The number of nitrogens with zero attached hydrogens (tertiary/aromatic N) is 2. The molecule has 0 unspecified atom stereocenters. The minimum Gasteiger partial charge on any atom is -0.258 e. The van der Waals surface area contributed by atoms with Crippen molar-refractivity contribution < 1.29 is 4.92 Å². The number of non-ortho nitro benzene ring substituents is 1. The highest BCUT2D eigenvalue weighted by Crippen LogP contribution is 2.25. The first-order valence-corrected chi connectivity index (χ1v) is 7.05. The van der Waals surface area contributed by atoms with Crippen LogP contribution < -0.4 is 0 Å². The predicted molar refractivity (Wildman–Crippen MR) is 85.5 cm³/mol. The largest absolute Gasteiger partial charge is 0.270 e. The summed E-state index contributed by atoms with van der Waals surface area (Å²) in [6.07, 6.45) is 3.52. The van der Waals surface area contributed by atoms with E-state index in [1.54, 1.807) is 12.3 Å². The Balaban J connectivity index is 2.37. The molecule has 108 valence electrons. The standard InChI is InChI=1S/C17H18N2O2/c1-3-14-8-6-9-15(4-2)17(14)18-12-13-7-5-10-16(11-13)19(20)21/h5-12H,3-4H2,1-2H3. The molecule has 2 rings (SSSR count). The van der Waals surface area contributed by atoms with E-state index in [0.29, 0.717) is 0 Å². The SMILES string of the molecule is CCc1cccc(CC)c1N=Cc1cccc([N+](=O)[O-])c1. The summed E-state index contributed by atoms with van der Waals surface area (Å²) in [5.41, 5.74) is 4.18. The van der Waals surface area contributed by atoms with Gasteiger partial charge in [0.1, 0.15) is 0 Å². The molecule has 0 saturated heterocycles. The van der Waals surface area contributed by atoms with Crippen molar-refractivity contribution in [3.05, 3.63) is 69.3 Å². The zero-order valence-corrected chi connectivity index (χ0v) is 12.2. The lowest BCUT2D eigenvalue weighted by molar-refractivity contribution is -0.384. The van der Waals surface area contributed by atoms with Crippen molar-refractivity contribution in [3.8, 4) is 0 Å². The summed E-state index contributed by atoms with van der Waals surface area (Å²) in [6, 6.07) is 12.7. The van der Waals surface area contributed by atoms with Gasteiger partial charge in [0.15, 0.2) is 0 Å². The smallest absolute Gasteiger partial charge is 0.258 e. The highest BCUT2D eigenvalue weighted by molar-refractivity contribution is 5.83. The summed E-state index contributed by atoms with van der Waals surface area (Å²) < 4.78 is 0. The van der Waals surface area contributed by atoms with Gasteiger partial charge in [-0.25, -0.2) is 0 Å². The van der Waals surface area contributed by atoms with Gasteiger partial charge in [-0.15, -0.1) is 0 Å². The van der Waals surface area contributed by atoms with Crippen molar-refractivity contribution in [2.75, 3.05) is 0 Å². The molecule has 0 aliphatic heterocycles. The van der Waals surface area contributed by atoms with Gasteiger partial charge in [-0.2, -0.15) is 0 Å². The van der Waals surface area contributed by atoms with Crippen LogP contribution in [0, 0.1) is 10.1 Å². The Bertz CT molecular complexity index is 656. The first-order valence-electron chi connectivity index (χ1n) is 7.05. The maximum absolute atomic E-state index is 10.8. The molecule has 0 aliphatic rings. The van der Waals surface area contributed by atoms with Crippen LogP contribution in [0.15, 0.2) is 47.5 Å². The van der Waals surface area contributed by atoms with E-state index in [9.17, 15) is 10.1 Å². The molecule has 4 nitrogen and oxygen atoms in total. The number of hydrogen-bond acceptors (Lipinski definition) is 3. The van der Waals surface area contributed by atoms with Crippen LogP contribution in [0.1, 0.15) is 30.5 Å². The van der Waals surface area contributed by atoms with Crippen LogP contribution in [0.4, 0.5) is 11.4 Å². The Morgan fingerprint density at radius 2 is 1.71 bits per heavy atom. The molecule has 0 bridgehead atoms. The fourth-order valence-corrected chi connectivity index (χ4v) is 2.24. The van der Waals surface area contributed by atoms with Gasteiger partial charge in [0, 0.05) is 18.3 Å². The molecule has 4 heteroatoms. The maximum atomic E-state index is 10.8. The number of aryl methyl sites for hydroxylation is 2. The molecule has 0 spiro atoms. The minimum absolute atomic E-state index is 0.0819. The second kappa shape index (κ2) is 6.79. The Kier molecular flexibility index (Phi) is 4.82. The van der Waals surface area contributed by atoms with E-state index < -0.39 is 4.92 Å². The van der Waals surface area contributed by atoms with Gasteiger partial charge in [-0.1, -0.05) is 44.2 Å². The average molecular weight is 282 g/mol. The summed E-state index contributed by atoms with van der Waals surface area (Å²) in [6.45, 7) is 4.20. The molecular formula is C17H18N2O2. The van der Waals surface area contributed by atoms with Gasteiger partial charge in [0.2, 0.25) is 0 Å². The molecule has 0 aliphatic carbocycles. The molecule has 0 radical (unpaired) electrons. The fraction of sp³-hybridized carbons (Fsp3) is 0.235. The van der Waals surface area contributed by atoms with Crippen LogP contribution in [0.25, 0.3) is 0 Å². The third-order valence-electron chi connectivity index (χ3n) is 3.39. The van der Waals surface area contributed by atoms with Crippen LogP contribution in [-0.2, 0) is 12.8 Å². The average Bonchev–Trinajstić information content (AvgIpc) is 2.52. The lowest BCUT2D eigenvalue weighted by atomic mass is 10.0. The van der Waals surface area contributed by atoms with Gasteiger partial charge in [-0.05, 0) is 29.5 Å². The van der Waals surface area contributed by atoms with Crippen molar-refractivity contribution in [2.24, 2.45) is 4.99 Å². The summed E-state index contributed by atoms with van der Waals surface area (Å²) in [5, 5.41) is 10.8. The van der Waals surface area contributed by atoms with Crippen molar-refractivity contribution in [3.63, 3.8) is 0 Å². The van der Waals surface area contributed by atoms with E-state index >= 15 is 0 Å². The molecule has 21 heavy (non-hydrogen) atoms. The Morgan fingerprint density at radius 1 is 1.10 bits per heavy atom. The quantitative estimate of drug-likeness (QED) is 0.461. The molecule has 0 heterocycles. The van der Waals surface area contributed by atoms with E-state index in [0.717, 1.165) is 24.1 Å². The number of hydrogen-bond donors (Lipinski definition) is 0. The van der Waals surface area contributed by atoms with Crippen LogP contribution >= 0.6 is 0 Å². The Labute approximate surface area is 124 Å². The van der Waals surface area contributed by atoms with Crippen LogP contribution in [0.3, 0.4) is 0 Å². The zero-order chi connectivity index (χ0) is 15.2. The van der Waals surface area contributed by atoms with Crippen molar-refractivity contribution >= 4 is 17.6 Å². The molecule has 0 amide bonds. The highest BCUT2D eigenvalue weighted by atomic mass is 16.6. The van der Waals surface area contributed by atoms with E-state index in [4.69, 9.17) is 0 Å². The second-order valence-electron chi connectivity index (χ2n) is 4.74. The topological polar surface area (TPSA) is 55.5 Å². The molecule has 0 aromatic heterocycles. The molecule has 0 N–H and O–H groups in total. The summed E-state index contributed by atoms with van der Waals surface area (Å²) in [4.78, 5) is 15.0. The Morgan fingerprint density at radius 3 is 2.29 bits per heavy atom. The van der Waals surface area contributed by atoms with Crippen LogP contribution in [0.2, 0.25) is 0 Å². The monoisotopic (exact) mass is 282 g/mol. The minimum atomic E-state index is -0.394. The van der Waals surface area contributed by atoms with Crippen molar-refractivity contribution in [1.29, 1.82) is 0 Å². The zero-order valence-electron chi connectivity index (χ0n) is 12.2. The van der Waals surface area contributed by atoms with Gasteiger partial charge in [0.25, 0.3) is 5.69 Å². The number of nitro groups is 1. The summed E-state index contributed by atoms with van der Waals surface area (Å²) in [5.74, 6) is 0. The summed E-state index contributed by atoms with van der Waals surface area (Å²) in [7, 11) is 0. The van der Waals surface area contributed by atoms with Crippen molar-refractivity contribution in [1.82, 2.24) is 0 Å². The third-order valence-corrected chi connectivity index (χ3v) is 3.39. The van der Waals surface area contributed by atoms with Crippen LogP contribution in [0.5, 0.6) is 0 Å². The normalized spacial score (nSPS) is 11.0. The number of rotatable bonds is 5. The molecule has 2 aromatic rings. The maximum Gasteiger partial charge on any atom is 0.270 e. The molecule has 0 saturated carbocycles. The predicted octanol–water partition coefficient (Wildman–Crippen LogP) is 4.47. The number of aliphatic imine (C=N–C) groups is 1. The number of nitro benzene ring substituents is 1. The van der Waals surface area contributed by atoms with Gasteiger partial charge in [-0.3, -0.25) is 15.1 Å². The number of para-hydroxylation sites is 1. The van der Waals surface area contributed by atoms with Gasteiger partial charge < -0.3 is 0 Å². The lowest BCUT2D eigenvalue weighted by Gasteiger charge is -2.08. The summed E-state index contributed by atoms with van der Waals surface area (Å²) >= 11 is 0. The van der Waals surface area contributed by atoms with Gasteiger partial charge in [0.05, 0.1) is 10.6 Å². The van der Waals surface area contributed by atoms with Crippen molar-refractivity contribution in [2.45, 2.75) is 26.7 Å². The van der Waals surface area contributed by atoms with Gasteiger partial charge >= 0.3 is 0 Å². The first kappa shape index (κ1) is 14.9. The van der Waals surface area contributed by atoms with E-state index in [2.05, 4.69) is 31.0 Å². The third kappa shape index (κ3) is 3.54. The lowest BCUT2D eigenvalue weighted by Crippen LogP contribution is -1.91. The molecule has 0 atom stereocenters. The number of benzene rings is 2. The van der Waals surface area contributed by atoms with Crippen LogP contribution in [-0.4, -0.2) is 11.1 Å². The van der Waals surface area contributed by atoms with E-state index in [-0.39, 0.29) is 5.69 Å². The van der Waals surface area contributed by atoms with E-state index in [1.165, 1.54) is 23.3 Å². The molecule has 0 fully saturated rings. The van der Waals surface area contributed by atoms with E-state index in [1.807, 2.05) is 12.1 Å². The fourth-order valence-electron chi connectivity index (χ4n) is 2.24.